The molecule has 0 aliphatic rings. The third-order valence-corrected chi connectivity index (χ3v) is 3.09. The van der Waals surface area contributed by atoms with E-state index in [-0.39, 0.29) is 0 Å². The molecule has 0 aliphatic carbocycles. The van der Waals surface area contributed by atoms with Crippen LogP contribution in [0.25, 0.3) is 22.0 Å². The Hall–Kier alpha value is -2.22. The zero-order valence-corrected chi connectivity index (χ0v) is 9.59. The average Bonchev–Trinajstić information content (AvgIpc) is 2.72. The molecule has 17 heavy (non-hydrogen) atoms. The van der Waals surface area contributed by atoms with E-state index in [4.69, 9.17) is 0 Å². The second kappa shape index (κ2) is 3.67. The number of hydrogen-bond donors (Lipinski definition) is 1. The summed E-state index contributed by atoms with van der Waals surface area (Å²) < 4.78 is 2.11. The molecule has 1 heterocycles. The highest BCUT2D eigenvalue weighted by Crippen LogP contribution is 2.26. The van der Waals surface area contributed by atoms with Gasteiger partial charge in [0.1, 0.15) is 5.75 Å². The van der Waals surface area contributed by atoms with E-state index in [0.717, 1.165) is 5.56 Å². The maximum absolute atomic E-state index is 9.28. The van der Waals surface area contributed by atoms with Gasteiger partial charge in [-0.25, -0.2) is 0 Å². The first-order chi connectivity index (χ1) is 8.24. The van der Waals surface area contributed by atoms with Crippen molar-refractivity contribution in [2.24, 2.45) is 7.05 Å². The fourth-order valence-electron chi connectivity index (χ4n) is 2.12. The van der Waals surface area contributed by atoms with E-state index in [2.05, 4.69) is 35.0 Å². The number of rotatable bonds is 1. The fraction of sp³-hybridized carbons (Fsp3) is 0.0667. The highest BCUT2D eigenvalue weighted by Gasteiger charge is 2.01. The lowest BCUT2D eigenvalue weighted by Gasteiger charge is -2.03. The van der Waals surface area contributed by atoms with Crippen LogP contribution >= 0.6 is 0 Å². The summed E-state index contributed by atoms with van der Waals surface area (Å²) in [7, 11) is 2.04. The van der Waals surface area contributed by atoms with E-state index in [9.17, 15) is 5.11 Å². The van der Waals surface area contributed by atoms with Gasteiger partial charge in [0.15, 0.2) is 0 Å². The molecule has 0 unspecified atom stereocenters. The van der Waals surface area contributed by atoms with Gasteiger partial charge >= 0.3 is 0 Å². The van der Waals surface area contributed by atoms with Crippen LogP contribution in [0.1, 0.15) is 0 Å². The van der Waals surface area contributed by atoms with Crippen molar-refractivity contribution in [1.82, 2.24) is 4.57 Å². The smallest absolute Gasteiger partial charge is 0.115 e. The van der Waals surface area contributed by atoms with Crippen LogP contribution in [0.4, 0.5) is 0 Å². The van der Waals surface area contributed by atoms with Crippen LogP contribution in [0.3, 0.4) is 0 Å². The molecule has 1 N–H and O–H groups in total. The molecule has 0 saturated heterocycles. The van der Waals surface area contributed by atoms with E-state index in [1.54, 1.807) is 12.1 Å². The average molecular weight is 223 g/mol. The second-order valence-electron chi connectivity index (χ2n) is 4.25. The topological polar surface area (TPSA) is 25.2 Å². The van der Waals surface area contributed by atoms with E-state index in [1.165, 1.54) is 16.5 Å². The summed E-state index contributed by atoms with van der Waals surface area (Å²) in [4.78, 5) is 0. The molecule has 2 heteroatoms. The van der Waals surface area contributed by atoms with Gasteiger partial charge in [-0.1, -0.05) is 18.2 Å². The van der Waals surface area contributed by atoms with Crippen molar-refractivity contribution in [2.75, 3.05) is 0 Å². The summed E-state index contributed by atoms with van der Waals surface area (Å²) in [6, 6.07) is 15.8. The first-order valence-corrected chi connectivity index (χ1v) is 5.58. The van der Waals surface area contributed by atoms with Gasteiger partial charge in [-0.05, 0) is 41.5 Å². The zero-order valence-electron chi connectivity index (χ0n) is 9.59. The van der Waals surface area contributed by atoms with Crippen molar-refractivity contribution >= 4 is 10.9 Å². The highest BCUT2D eigenvalue weighted by molar-refractivity contribution is 5.85. The molecule has 2 nitrogen and oxygen atoms in total. The van der Waals surface area contributed by atoms with Crippen LogP contribution in [0, 0.1) is 0 Å². The van der Waals surface area contributed by atoms with Gasteiger partial charge in [-0.2, -0.15) is 0 Å². The van der Waals surface area contributed by atoms with E-state index in [1.807, 2.05) is 19.2 Å². The molecule has 0 radical (unpaired) electrons. The van der Waals surface area contributed by atoms with Crippen LogP contribution < -0.4 is 0 Å². The summed E-state index contributed by atoms with van der Waals surface area (Å²) >= 11 is 0. The molecule has 0 spiro atoms. The maximum atomic E-state index is 9.28. The predicted molar refractivity (Wildman–Crippen MR) is 70.0 cm³/mol. The number of fused-ring (bicyclic) bond motifs is 1. The van der Waals surface area contributed by atoms with Crippen molar-refractivity contribution in [1.29, 1.82) is 0 Å². The lowest BCUT2D eigenvalue weighted by Crippen LogP contribution is -1.83. The number of phenolic OH excluding ortho intramolecular Hbond substituents is 1. The van der Waals surface area contributed by atoms with Gasteiger partial charge in [0.05, 0.1) is 0 Å². The number of aryl methyl sites for hydroxylation is 1. The number of phenols is 1. The normalized spacial score (nSPS) is 10.9. The minimum absolute atomic E-state index is 0.300. The molecule has 0 atom stereocenters. The Labute approximate surface area is 99.7 Å². The largest absolute Gasteiger partial charge is 0.508 e. The number of nitrogens with zero attached hydrogens (tertiary/aromatic N) is 1. The quantitative estimate of drug-likeness (QED) is 0.670. The van der Waals surface area contributed by atoms with Crippen LogP contribution in [-0.4, -0.2) is 9.67 Å². The third-order valence-electron chi connectivity index (χ3n) is 3.09. The van der Waals surface area contributed by atoms with E-state index >= 15 is 0 Å². The molecule has 0 aliphatic heterocycles. The van der Waals surface area contributed by atoms with Gasteiger partial charge in [0.25, 0.3) is 0 Å². The molecule has 1 aromatic heterocycles. The summed E-state index contributed by atoms with van der Waals surface area (Å²) in [6.07, 6.45) is 2.06. The molecular formula is C15H13NO. The van der Waals surface area contributed by atoms with Gasteiger partial charge < -0.3 is 9.67 Å². The third kappa shape index (κ3) is 1.68. The number of aromatic hydroxyl groups is 1. The Kier molecular flexibility index (Phi) is 2.15. The van der Waals surface area contributed by atoms with Crippen molar-refractivity contribution in [2.45, 2.75) is 0 Å². The Morgan fingerprint density at radius 1 is 0.882 bits per heavy atom. The summed E-state index contributed by atoms with van der Waals surface area (Å²) in [5, 5.41) is 10.5. The van der Waals surface area contributed by atoms with Crippen molar-refractivity contribution in [3.8, 4) is 16.9 Å². The molecule has 3 aromatic rings. The van der Waals surface area contributed by atoms with Crippen LogP contribution in [0.2, 0.25) is 0 Å². The lowest BCUT2D eigenvalue weighted by molar-refractivity contribution is 0.475. The van der Waals surface area contributed by atoms with Crippen LogP contribution in [0.15, 0.2) is 54.7 Å². The van der Waals surface area contributed by atoms with Crippen molar-refractivity contribution < 1.29 is 5.11 Å². The minimum Gasteiger partial charge on any atom is -0.508 e. The number of benzene rings is 2. The lowest BCUT2D eigenvalue weighted by atomic mass is 10.0. The first-order valence-electron chi connectivity index (χ1n) is 5.58. The fourth-order valence-corrected chi connectivity index (χ4v) is 2.12. The molecule has 84 valence electrons. The molecule has 0 fully saturated rings. The Morgan fingerprint density at radius 2 is 1.59 bits per heavy atom. The van der Waals surface area contributed by atoms with Crippen molar-refractivity contribution in [3.05, 3.63) is 54.7 Å². The van der Waals surface area contributed by atoms with Gasteiger partial charge in [0.2, 0.25) is 0 Å². The van der Waals surface area contributed by atoms with Crippen molar-refractivity contribution in [3.63, 3.8) is 0 Å². The van der Waals surface area contributed by atoms with E-state index in [0.29, 0.717) is 5.75 Å². The molecule has 0 saturated carbocycles. The first kappa shape index (κ1) is 9.97. The van der Waals surface area contributed by atoms with Gasteiger partial charge in [-0.3, -0.25) is 0 Å². The molecular weight excluding hydrogens is 210 g/mol. The monoisotopic (exact) mass is 223 g/mol. The van der Waals surface area contributed by atoms with E-state index < -0.39 is 0 Å². The van der Waals surface area contributed by atoms with Crippen LogP contribution in [0.5, 0.6) is 5.75 Å². The Morgan fingerprint density at radius 3 is 2.35 bits per heavy atom. The Balaban J connectivity index is 2.14. The zero-order chi connectivity index (χ0) is 11.8. The number of hydrogen-bond acceptors (Lipinski definition) is 1. The predicted octanol–water partition coefficient (Wildman–Crippen LogP) is 3.55. The maximum Gasteiger partial charge on any atom is 0.115 e. The molecule has 0 amide bonds. The SMILES string of the molecule is Cn1ccc2cc(-c3ccc(O)cc3)ccc21. The highest BCUT2D eigenvalue weighted by atomic mass is 16.3. The van der Waals surface area contributed by atoms with Gasteiger partial charge in [0, 0.05) is 24.1 Å². The molecule has 0 bridgehead atoms. The summed E-state index contributed by atoms with van der Waals surface area (Å²) in [5.74, 6) is 0.300. The molecule has 2 aromatic carbocycles. The van der Waals surface area contributed by atoms with Gasteiger partial charge in [-0.15, -0.1) is 0 Å². The standard InChI is InChI=1S/C15H13NO/c1-16-9-8-13-10-12(4-7-15(13)16)11-2-5-14(17)6-3-11/h2-10,17H,1H3. The summed E-state index contributed by atoms with van der Waals surface area (Å²) in [6.45, 7) is 0. The molecule has 3 rings (SSSR count). The Bertz CT molecular complexity index is 665. The summed E-state index contributed by atoms with van der Waals surface area (Å²) in [5.41, 5.74) is 3.52. The number of aromatic nitrogens is 1. The second-order valence-corrected chi connectivity index (χ2v) is 4.25. The minimum atomic E-state index is 0.300. The van der Waals surface area contributed by atoms with Crippen LogP contribution in [-0.2, 0) is 7.05 Å².